The summed E-state index contributed by atoms with van der Waals surface area (Å²) in [4.78, 5) is 15.0. The van der Waals surface area contributed by atoms with Crippen molar-refractivity contribution in [2.24, 2.45) is 0 Å². The molecule has 1 amide bonds. The second-order valence-corrected chi connectivity index (χ2v) is 7.51. The number of aryl methyl sites for hydroxylation is 1. The van der Waals surface area contributed by atoms with E-state index in [4.69, 9.17) is 0 Å². The van der Waals surface area contributed by atoms with E-state index in [0.717, 1.165) is 49.8 Å². The van der Waals surface area contributed by atoms with Gasteiger partial charge in [-0.15, -0.1) is 0 Å². The van der Waals surface area contributed by atoms with Crippen LogP contribution in [0.25, 0.3) is 0 Å². The van der Waals surface area contributed by atoms with E-state index >= 15 is 0 Å². The van der Waals surface area contributed by atoms with Gasteiger partial charge in [-0.1, -0.05) is 29.8 Å². The van der Waals surface area contributed by atoms with E-state index in [2.05, 4.69) is 36.5 Å². The Hall–Kier alpha value is -2.38. The van der Waals surface area contributed by atoms with Crippen LogP contribution in [0.15, 0.2) is 36.4 Å². The highest BCUT2D eigenvalue weighted by Crippen LogP contribution is 2.19. The number of carbonyl (C=O) groups is 1. The van der Waals surface area contributed by atoms with Crippen molar-refractivity contribution in [2.45, 2.75) is 26.4 Å². The van der Waals surface area contributed by atoms with Crippen molar-refractivity contribution >= 4 is 11.6 Å². The summed E-state index contributed by atoms with van der Waals surface area (Å²) in [6.07, 6.45) is 0. The van der Waals surface area contributed by atoms with Crippen LogP contribution in [0.1, 0.15) is 18.1 Å². The number of hydrogen-bond acceptors (Lipinski definition) is 1. The molecular weight excluding hydrogens is 367 g/mol. The predicted molar refractivity (Wildman–Crippen MR) is 101 cm³/mol. The maximum atomic E-state index is 13.8. The van der Waals surface area contributed by atoms with Crippen LogP contribution in [0.2, 0.25) is 0 Å². The van der Waals surface area contributed by atoms with Crippen molar-refractivity contribution in [1.29, 1.82) is 0 Å². The first-order chi connectivity index (χ1) is 13.3. The molecule has 0 aliphatic carbocycles. The van der Waals surface area contributed by atoms with Gasteiger partial charge in [0.05, 0.1) is 5.69 Å². The molecule has 1 saturated heterocycles. The fourth-order valence-corrected chi connectivity index (χ4v) is 3.69. The van der Waals surface area contributed by atoms with Gasteiger partial charge in [-0.3, -0.25) is 4.79 Å². The highest BCUT2D eigenvalue weighted by molar-refractivity contribution is 5.93. The minimum atomic E-state index is -1.58. The molecule has 4 nitrogen and oxygen atoms in total. The first kappa shape index (κ1) is 20.4. The third-order valence-electron chi connectivity index (χ3n) is 5.43. The zero-order valence-corrected chi connectivity index (χ0v) is 16.1. The Labute approximate surface area is 162 Å². The van der Waals surface area contributed by atoms with Crippen LogP contribution in [0, 0.1) is 24.4 Å². The summed E-state index contributed by atoms with van der Waals surface area (Å²) in [5.74, 6) is -4.63. The Kier molecular flexibility index (Phi) is 6.36. The second-order valence-electron chi connectivity index (χ2n) is 7.51. The molecule has 0 spiro atoms. The van der Waals surface area contributed by atoms with Gasteiger partial charge < -0.3 is 15.1 Å². The van der Waals surface area contributed by atoms with Crippen molar-refractivity contribution in [2.75, 3.05) is 31.5 Å². The molecule has 0 saturated carbocycles. The zero-order chi connectivity index (χ0) is 20.3. The molecule has 1 aliphatic rings. The number of amides is 1. The van der Waals surface area contributed by atoms with Gasteiger partial charge in [0.1, 0.15) is 32.7 Å². The van der Waals surface area contributed by atoms with E-state index in [0.29, 0.717) is 0 Å². The van der Waals surface area contributed by atoms with Crippen molar-refractivity contribution < 1.29 is 27.8 Å². The molecule has 3 rings (SSSR count). The van der Waals surface area contributed by atoms with Gasteiger partial charge in [0.15, 0.2) is 23.5 Å². The molecule has 1 aliphatic heterocycles. The van der Waals surface area contributed by atoms with Gasteiger partial charge in [0.2, 0.25) is 0 Å². The molecule has 1 atom stereocenters. The quantitative estimate of drug-likeness (QED) is 0.644. The second kappa shape index (κ2) is 8.75. The minimum Gasteiger partial charge on any atom is -0.322 e. The number of anilines is 1. The number of quaternary nitrogens is 2. The van der Waals surface area contributed by atoms with Gasteiger partial charge in [-0.05, 0) is 26.0 Å². The van der Waals surface area contributed by atoms with Crippen molar-refractivity contribution in [3.63, 3.8) is 0 Å². The number of piperazine rings is 1. The lowest BCUT2D eigenvalue weighted by molar-refractivity contribution is -1.02. The van der Waals surface area contributed by atoms with E-state index in [1.807, 2.05) is 0 Å². The van der Waals surface area contributed by atoms with Gasteiger partial charge >= 0.3 is 0 Å². The van der Waals surface area contributed by atoms with Crippen molar-refractivity contribution in [3.05, 3.63) is 65.0 Å². The molecule has 1 fully saturated rings. The molecule has 3 N–H and O–H groups in total. The molecule has 2 aromatic rings. The average molecular weight is 393 g/mol. The zero-order valence-electron chi connectivity index (χ0n) is 16.1. The Balaban J connectivity index is 1.54. The normalized spacial score (nSPS) is 20.6. The average Bonchev–Trinajstić information content (AvgIpc) is 2.68. The third kappa shape index (κ3) is 4.72. The Morgan fingerprint density at radius 2 is 1.79 bits per heavy atom. The minimum absolute atomic E-state index is 0.334. The summed E-state index contributed by atoms with van der Waals surface area (Å²) in [6.45, 7) is 8.30. The van der Waals surface area contributed by atoms with Gasteiger partial charge in [-0.2, -0.15) is 0 Å². The molecule has 1 heterocycles. The highest BCUT2D eigenvalue weighted by Gasteiger charge is 2.31. The molecule has 0 unspecified atom stereocenters. The summed E-state index contributed by atoms with van der Waals surface area (Å²) in [7, 11) is 0. The van der Waals surface area contributed by atoms with E-state index < -0.39 is 29.4 Å². The molecule has 0 bridgehead atoms. The number of halogens is 3. The van der Waals surface area contributed by atoms with Gasteiger partial charge in [0.25, 0.3) is 5.91 Å². The van der Waals surface area contributed by atoms with Gasteiger partial charge in [-0.25, -0.2) is 13.2 Å². The summed E-state index contributed by atoms with van der Waals surface area (Å²) >= 11 is 0. The van der Waals surface area contributed by atoms with E-state index in [9.17, 15) is 18.0 Å². The molecular formula is C21H26F3N3O+2. The van der Waals surface area contributed by atoms with Crippen LogP contribution in [-0.4, -0.2) is 38.1 Å². The maximum Gasteiger partial charge on any atom is 0.282 e. The standard InChI is InChI=1S/C21H24F3N3O/c1-14-4-3-5-16(12-14)13-26-8-10-27(11-9-26)15(2)21(28)25-18-7-6-17(22)19(23)20(18)24/h3-7,12,15H,8-11,13H2,1-2H3,(H,25,28)/p+2/t15-/m0/s1. The summed E-state index contributed by atoms with van der Waals surface area (Å²) in [5, 5.41) is 2.38. The lowest BCUT2D eigenvalue weighted by Crippen LogP contribution is -3.29. The molecule has 150 valence electrons. The van der Waals surface area contributed by atoms with Crippen molar-refractivity contribution in [3.8, 4) is 0 Å². The van der Waals surface area contributed by atoms with Crippen LogP contribution in [-0.2, 0) is 11.3 Å². The van der Waals surface area contributed by atoms with E-state index in [1.54, 1.807) is 6.92 Å². The Morgan fingerprint density at radius 1 is 1.07 bits per heavy atom. The summed E-state index contributed by atoms with van der Waals surface area (Å²) < 4.78 is 40.1. The van der Waals surface area contributed by atoms with Crippen molar-refractivity contribution in [1.82, 2.24) is 0 Å². The van der Waals surface area contributed by atoms with E-state index in [-0.39, 0.29) is 5.69 Å². The molecule has 28 heavy (non-hydrogen) atoms. The van der Waals surface area contributed by atoms with E-state index in [1.165, 1.54) is 16.0 Å². The molecule has 0 radical (unpaired) electrons. The molecule has 2 aromatic carbocycles. The monoisotopic (exact) mass is 393 g/mol. The number of benzene rings is 2. The largest absolute Gasteiger partial charge is 0.322 e. The summed E-state index contributed by atoms with van der Waals surface area (Å²) in [6, 6.07) is 9.90. The summed E-state index contributed by atoms with van der Waals surface area (Å²) in [5.41, 5.74) is 2.22. The maximum absolute atomic E-state index is 13.8. The fourth-order valence-electron chi connectivity index (χ4n) is 3.69. The SMILES string of the molecule is Cc1cccc(C[NH+]2CC[NH+]([C@@H](C)C(=O)Nc3ccc(F)c(F)c3F)CC2)c1. The van der Waals surface area contributed by atoms with Crippen LogP contribution in [0.4, 0.5) is 18.9 Å². The lowest BCUT2D eigenvalue weighted by atomic mass is 10.1. The number of carbonyl (C=O) groups excluding carboxylic acids is 1. The number of hydrogen-bond donors (Lipinski definition) is 3. The molecule has 7 heteroatoms. The van der Waals surface area contributed by atoms with Crippen LogP contribution in [0.5, 0.6) is 0 Å². The first-order valence-corrected chi connectivity index (χ1v) is 9.53. The van der Waals surface area contributed by atoms with Crippen LogP contribution in [0.3, 0.4) is 0 Å². The first-order valence-electron chi connectivity index (χ1n) is 9.53. The lowest BCUT2D eigenvalue weighted by Gasteiger charge is -2.32. The van der Waals surface area contributed by atoms with Crippen LogP contribution < -0.4 is 15.1 Å². The van der Waals surface area contributed by atoms with Gasteiger partial charge in [0, 0.05) is 5.56 Å². The fraction of sp³-hybridized carbons (Fsp3) is 0.381. The van der Waals surface area contributed by atoms with Crippen LogP contribution >= 0.6 is 0 Å². The topological polar surface area (TPSA) is 38.0 Å². The molecule has 0 aromatic heterocycles. The Morgan fingerprint density at radius 3 is 2.46 bits per heavy atom. The number of rotatable bonds is 5. The highest BCUT2D eigenvalue weighted by atomic mass is 19.2. The third-order valence-corrected chi connectivity index (χ3v) is 5.43. The smallest absolute Gasteiger partial charge is 0.282 e. The number of nitrogens with one attached hydrogen (secondary N) is 3. The Bertz CT molecular complexity index is 851. The predicted octanol–water partition coefficient (Wildman–Crippen LogP) is 0.723.